The predicted molar refractivity (Wildman–Crippen MR) is 155 cm³/mol. The summed E-state index contributed by atoms with van der Waals surface area (Å²) >= 11 is 0. The van der Waals surface area contributed by atoms with Gasteiger partial charge in [0.1, 0.15) is 5.75 Å². The molecule has 11 heteroatoms. The summed E-state index contributed by atoms with van der Waals surface area (Å²) in [5.41, 5.74) is 1.88. The number of amides is 3. The van der Waals surface area contributed by atoms with Crippen LogP contribution in [0.4, 0.5) is 35.0 Å². The van der Waals surface area contributed by atoms with Gasteiger partial charge in [-0.2, -0.15) is 13.2 Å². The van der Waals surface area contributed by atoms with Crippen LogP contribution in [0.25, 0.3) is 10.9 Å². The van der Waals surface area contributed by atoms with E-state index < -0.39 is 11.7 Å². The lowest BCUT2D eigenvalue weighted by atomic mass is 10.1. The topological polar surface area (TPSA) is 86.8 Å². The molecule has 218 valence electrons. The van der Waals surface area contributed by atoms with Gasteiger partial charge < -0.3 is 25.2 Å². The summed E-state index contributed by atoms with van der Waals surface area (Å²) in [6.45, 7) is 4.22. The van der Waals surface area contributed by atoms with Crippen LogP contribution >= 0.6 is 0 Å². The number of nitrogens with zero attached hydrogens (tertiary/aromatic N) is 3. The minimum atomic E-state index is -4.45. The molecular formula is C31H30F3N5O3. The minimum Gasteiger partial charge on any atom is -0.494 e. The molecule has 4 aromatic rings. The summed E-state index contributed by atoms with van der Waals surface area (Å²) in [5.74, 6) is 0.552. The quantitative estimate of drug-likeness (QED) is 0.253. The van der Waals surface area contributed by atoms with Gasteiger partial charge in [0.15, 0.2) is 0 Å². The molecule has 1 aromatic heterocycles. The Balaban J connectivity index is 1.16. The Morgan fingerprint density at radius 3 is 2.36 bits per heavy atom. The van der Waals surface area contributed by atoms with Gasteiger partial charge in [-0.05, 0) is 61.0 Å². The molecule has 0 spiro atoms. The molecule has 0 saturated carbocycles. The van der Waals surface area contributed by atoms with Crippen LogP contribution in [0.5, 0.6) is 5.75 Å². The molecule has 5 rings (SSSR count). The number of fused-ring (bicyclic) bond motifs is 1. The highest BCUT2D eigenvalue weighted by molar-refractivity contribution is 5.96. The van der Waals surface area contributed by atoms with Crippen LogP contribution in [-0.2, 0) is 6.18 Å². The Hall–Kier alpha value is -4.80. The van der Waals surface area contributed by atoms with Crippen LogP contribution in [0.1, 0.15) is 29.3 Å². The maximum Gasteiger partial charge on any atom is 0.416 e. The van der Waals surface area contributed by atoms with E-state index in [9.17, 15) is 22.8 Å². The predicted octanol–water partition coefficient (Wildman–Crippen LogP) is 6.78. The van der Waals surface area contributed by atoms with Gasteiger partial charge >= 0.3 is 12.2 Å². The van der Waals surface area contributed by atoms with E-state index in [1.54, 1.807) is 52.3 Å². The average molecular weight is 578 g/mol. The monoisotopic (exact) mass is 577 g/mol. The van der Waals surface area contributed by atoms with Crippen molar-refractivity contribution in [3.8, 4) is 5.75 Å². The highest BCUT2D eigenvalue weighted by Crippen LogP contribution is 2.33. The molecule has 3 aromatic carbocycles. The van der Waals surface area contributed by atoms with E-state index in [4.69, 9.17) is 4.74 Å². The first-order valence-corrected chi connectivity index (χ1v) is 13.6. The standard InChI is InChI=1S/C31H30F3N5O3/c1-2-18-42-25-5-3-4-24(20-25)37-30(41)39-16-14-38(15-17-39)29(40)21-6-9-23(10-7-21)36-27-12-13-35-28-19-22(31(32,33)34)8-11-26(27)28/h3-13,19-20H,2,14-18H2,1H3,(H,35,36)(H,37,41). The second-order valence-electron chi connectivity index (χ2n) is 9.88. The molecule has 0 aliphatic carbocycles. The molecule has 0 bridgehead atoms. The number of hydrogen-bond donors (Lipinski definition) is 2. The van der Waals surface area contributed by atoms with Crippen LogP contribution in [0.3, 0.4) is 0 Å². The van der Waals surface area contributed by atoms with E-state index in [1.807, 2.05) is 19.1 Å². The van der Waals surface area contributed by atoms with E-state index in [0.717, 1.165) is 18.6 Å². The number of urea groups is 1. The zero-order valence-corrected chi connectivity index (χ0v) is 22.9. The van der Waals surface area contributed by atoms with E-state index in [-0.39, 0.29) is 17.5 Å². The van der Waals surface area contributed by atoms with Crippen molar-refractivity contribution in [2.45, 2.75) is 19.5 Å². The summed E-state index contributed by atoms with van der Waals surface area (Å²) in [7, 11) is 0. The first-order valence-electron chi connectivity index (χ1n) is 13.6. The number of ether oxygens (including phenoxy) is 1. The van der Waals surface area contributed by atoms with Crippen molar-refractivity contribution in [2.24, 2.45) is 0 Å². The van der Waals surface area contributed by atoms with Crippen LogP contribution in [0.2, 0.25) is 0 Å². The number of piperazine rings is 1. The van der Waals surface area contributed by atoms with E-state index in [0.29, 0.717) is 66.5 Å². The molecule has 3 amide bonds. The number of benzene rings is 3. The van der Waals surface area contributed by atoms with Crippen LogP contribution in [-0.4, -0.2) is 59.5 Å². The second kappa shape index (κ2) is 12.4. The van der Waals surface area contributed by atoms with Crippen molar-refractivity contribution in [1.29, 1.82) is 0 Å². The van der Waals surface area contributed by atoms with Gasteiger partial charge in [0, 0.05) is 66.5 Å². The van der Waals surface area contributed by atoms with E-state index in [1.165, 1.54) is 12.3 Å². The third-order valence-electron chi connectivity index (χ3n) is 6.89. The lowest BCUT2D eigenvalue weighted by Crippen LogP contribution is -2.51. The van der Waals surface area contributed by atoms with Gasteiger partial charge in [-0.25, -0.2) is 4.79 Å². The highest BCUT2D eigenvalue weighted by atomic mass is 19.4. The number of anilines is 3. The molecule has 1 aliphatic rings. The van der Waals surface area contributed by atoms with Gasteiger partial charge in [0.2, 0.25) is 0 Å². The Morgan fingerprint density at radius 1 is 0.905 bits per heavy atom. The number of alkyl halides is 3. The maximum atomic E-state index is 13.1. The molecule has 2 heterocycles. The van der Waals surface area contributed by atoms with Crippen molar-refractivity contribution in [3.63, 3.8) is 0 Å². The zero-order chi connectivity index (χ0) is 29.7. The number of rotatable bonds is 7. The fraction of sp³-hybridized carbons (Fsp3) is 0.258. The summed E-state index contributed by atoms with van der Waals surface area (Å²) in [6, 6.07) is 19.0. The number of carbonyl (C=O) groups excluding carboxylic acids is 2. The fourth-order valence-corrected chi connectivity index (χ4v) is 4.67. The number of carbonyl (C=O) groups is 2. The van der Waals surface area contributed by atoms with Gasteiger partial charge in [0.25, 0.3) is 5.91 Å². The number of hydrogen-bond acceptors (Lipinski definition) is 5. The van der Waals surface area contributed by atoms with Crippen molar-refractivity contribution in [2.75, 3.05) is 43.4 Å². The highest BCUT2D eigenvalue weighted by Gasteiger charge is 2.30. The average Bonchev–Trinajstić information content (AvgIpc) is 3.00. The van der Waals surface area contributed by atoms with Crippen molar-refractivity contribution in [1.82, 2.24) is 14.8 Å². The molecule has 42 heavy (non-hydrogen) atoms. The van der Waals surface area contributed by atoms with Crippen molar-refractivity contribution >= 4 is 39.9 Å². The van der Waals surface area contributed by atoms with Gasteiger partial charge in [-0.1, -0.05) is 19.1 Å². The first-order chi connectivity index (χ1) is 20.2. The van der Waals surface area contributed by atoms with Crippen LogP contribution in [0.15, 0.2) is 79.0 Å². The lowest BCUT2D eigenvalue weighted by Gasteiger charge is -2.34. The third-order valence-corrected chi connectivity index (χ3v) is 6.89. The van der Waals surface area contributed by atoms with Gasteiger partial charge in [-0.15, -0.1) is 0 Å². The number of aromatic nitrogens is 1. The Kier molecular flexibility index (Phi) is 8.46. The van der Waals surface area contributed by atoms with Gasteiger partial charge in [0.05, 0.1) is 17.7 Å². The smallest absolute Gasteiger partial charge is 0.416 e. The molecular weight excluding hydrogens is 547 g/mol. The van der Waals surface area contributed by atoms with Crippen molar-refractivity contribution < 1.29 is 27.5 Å². The molecule has 1 aliphatic heterocycles. The summed E-state index contributed by atoms with van der Waals surface area (Å²) < 4.78 is 44.9. The van der Waals surface area contributed by atoms with Crippen LogP contribution in [0, 0.1) is 0 Å². The number of pyridine rings is 1. The molecule has 1 fully saturated rings. The minimum absolute atomic E-state index is 0.142. The summed E-state index contributed by atoms with van der Waals surface area (Å²) in [4.78, 5) is 33.4. The lowest BCUT2D eigenvalue weighted by molar-refractivity contribution is -0.137. The van der Waals surface area contributed by atoms with Crippen molar-refractivity contribution in [3.05, 3.63) is 90.1 Å². The van der Waals surface area contributed by atoms with Gasteiger partial charge in [-0.3, -0.25) is 9.78 Å². The molecule has 0 atom stereocenters. The molecule has 0 radical (unpaired) electrons. The second-order valence-corrected chi connectivity index (χ2v) is 9.88. The number of nitrogens with one attached hydrogen (secondary N) is 2. The summed E-state index contributed by atoms with van der Waals surface area (Å²) in [5, 5.41) is 6.64. The molecule has 0 unspecified atom stereocenters. The molecule has 1 saturated heterocycles. The Labute approximate surface area is 241 Å². The maximum absolute atomic E-state index is 13.1. The molecule has 8 nitrogen and oxygen atoms in total. The number of halogens is 3. The van der Waals surface area contributed by atoms with Crippen LogP contribution < -0.4 is 15.4 Å². The zero-order valence-electron chi connectivity index (χ0n) is 22.9. The third kappa shape index (κ3) is 6.73. The normalized spacial score (nSPS) is 13.6. The molecule has 2 N–H and O–H groups in total. The first kappa shape index (κ1) is 28.7. The van der Waals surface area contributed by atoms with E-state index >= 15 is 0 Å². The fourth-order valence-electron chi connectivity index (χ4n) is 4.67. The summed E-state index contributed by atoms with van der Waals surface area (Å²) in [6.07, 6.45) is -2.11. The van der Waals surface area contributed by atoms with E-state index in [2.05, 4.69) is 15.6 Å². The SMILES string of the molecule is CCCOc1cccc(NC(=O)N2CCN(C(=O)c3ccc(Nc4ccnc5cc(C(F)(F)F)ccc45)cc3)CC2)c1. The largest absolute Gasteiger partial charge is 0.494 e. The Morgan fingerprint density at radius 2 is 1.64 bits per heavy atom. The Bertz CT molecular complexity index is 1570.